The molecule has 0 bridgehead atoms. The second-order valence-electron chi connectivity index (χ2n) is 11.4. The summed E-state index contributed by atoms with van der Waals surface area (Å²) in [5.41, 5.74) is 15.0. The minimum atomic E-state index is -0.495. The molecule has 5 nitrogen and oxygen atoms in total. The van der Waals surface area contributed by atoms with E-state index in [9.17, 15) is 10.1 Å². The molecule has 2 N–H and O–H groups in total. The van der Waals surface area contributed by atoms with E-state index in [1.807, 2.05) is 17.0 Å². The molecule has 0 fully saturated rings. The zero-order chi connectivity index (χ0) is 27.9. The minimum absolute atomic E-state index is 0.0796. The van der Waals surface area contributed by atoms with E-state index in [-0.39, 0.29) is 11.2 Å². The smallest absolute Gasteiger partial charge is 0.162 e. The molecule has 0 spiro atoms. The fourth-order valence-corrected chi connectivity index (χ4v) is 6.74. The first-order chi connectivity index (χ1) is 18.6. The van der Waals surface area contributed by atoms with Crippen LogP contribution in [0.4, 0.5) is 5.69 Å². The van der Waals surface area contributed by atoms with E-state index in [4.69, 9.17) is 5.73 Å². The maximum Gasteiger partial charge on any atom is 0.162 e. The van der Waals surface area contributed by atoms with E-state index in [0.29, 0.717) is 29.8 Å². The van der Waals surface area contributed by atoms with Crippen molar-refractivity contribution in [2.24, 2.45) is 11.1 Å². The highest BCUT2D eigenvalue weighted by Gasteiger charge is 2.45. The number of carbonyl (C=O) groups excluding carboxylic acids is 1. The van der Waals surface area contributed by atoms with Gasteiger partial charge in [-0.15, -0.1) is 11.8 Å². The van der Waals surface area contributed by atoms with Crippen LogP contribution in [0.3, 0.4) is 0 Å². The molecule has 2 aliphatic rings. The van der Waals surface area contributed by atoms with Gasteiger partial charge in [0.1, 0.15) is 5.82 Å². The summed E-state index contributed by atoms with van der Waals surface area (Å²) in [6, 6.07) is 19.1. The number of nitrogens with zero attached hydrogens (tertiary/aromatic N) is 3. The van der Waals surface area contributed by atoms with Crippen molar-refractivity contribution < 1.29 is 4.79 Å². The molecule has 1 aromatic heterocycles. The molecule has 0 saturated heterocycles. The van der Waals surface area contributed by atoms with E-state index in [0.717, 1.165) is 28.3 Å². The summed E-state index contributed by atoms with van der Waals surface area (Å²) in [6.45, 7) is 10.5. The normalized spacial score (nSPS) is 18.7. The van der Waals surface area contributed by atoms with Crippen molar-refractivity contribution in [3.05, 3.63) is 111 Å². The quantitative estimate of drug-likeness (QED) is 0.347. The number of hydrogen-bond acceptors (Lipinski definition) is 6. The average Bonchev–Trinajstić information content (AvgIpc) is 2.88. The fourth-order valence-electron chi connectivity index (χ4n) is 5.78. The Morgan fingerprint density at radius 1 is 1.10 bits per heavy atom. The van der Waals surface area contributed by atoms with Gasteiger partial charge in [-0.2, -0.15) is 5.26 Å². The monoisotopic (exact) mass is 534 g/mol. The number of nitriles is 1. The van der Waals surface area contributed by atoms with Gasteiger partial charge >= 0.3 is 0 Å². The maximum atomic E-state index is 13.9. The summed E-state index contributed by atoms with van der Waals surface area (Å²) >= 11 is 1.79. The number of benzene rings is 2. The van der Waals surface area contributed by atoms with Crippen LogP contribution in [0, 0.1) is 37.5 Å². The topological polar surface area (TPSA) is 83.0 Å². The van der Waals surface area contributed by atoms with Crippen molar-refractivity contribution in [3.63, 3.8) is 0 Å². The highest BCUT2D eigenvalue weighted by Crippen LogP contribution is 2.50. The molecular weight excluding hydrogens is 500 g/mol. The number of allylic oxidation sites excluding steroid dienone is 3. The summed E-state index contributed by atoms with van der Waals surface area (Å²) in [7, 11) is 0. The number of aryl methyl sites for hydroxylation is 3. The number of anilines is 1. The molecule has 6 heteroatoms. The van der Waals surface area contributed by atoms with Crippen molar-refractivity contribution in [1.82, 2.24) is 4.98 Å². The third-order valence-corrected chi connectivity index (χ3v) is 8.80. The summed E-state index contributed by atoms with van der Waals surface area (Å²) < 4.78 is 0. The zero-order valence-corrected chi connectivity index (χ0v) is 24.0. The number of carbonyl (C=O) groups is 1. The van der Waals surface area contributed by atoms with Crippen LogP contribution < -0.4 is 10.6 Å². The third kappa shape index (κ3) is 5.12. The lowest BCUT2D eigenvalue weighted by Crippen LogP contribution is -2.42. The van der Waals surface area contributed by atoms with Gasteiger partial charge in [0.05, 0.1) is 29.4 Å². The van der Waals surface area contributed by atoms with E-state index in [1.54, 1.807) is 24.2 Å². The van der Waals surface area contributed by atoms with Crippen LogP contribution in [0.15, 0.2) is 88.5 Å². The Labute approximate surface area is 235 Å². The van der Waals surface area contributed by atoms with E-state index < -0.39 is 5.92 Å². The van der Waals surface area contributed by atoms with Crippen LogP contribution >= 0.6 is 11.8 Å². The zero-order valence-electron chi connectivity index (χ0n) is 23.2. The Morgan fingerprint density at radius 2 is 1.85 bits per heavy atom. The molecule has 0 saturated carbocycles. The molecule has 2 heterocycles. The second kappa shape index (κ2) is 10.4. The van der Waals surface area contributed by atoms with Gasteiger partial charge in [0, 0.05) is 34.5 Å². The summed E-state index contributed by atoms with van der Waals surface area (Å²) in [6.07, 6.45) is 4.55. The van der Waals surface area contributed by atoms with Crippen LogP contribution in [-0.2, 0) is 10.5 Å². The molecule has 3 aromatic rings. The van der Waals surface area contributed by atoms with Crippen LogP contribution in [0.25, 0.3) is 0 Å². The summed E-state index contributed by atoms with van der Waals surface area (Å²) in [5.74, 6) is 0.751. The Kier molecular flexibility index (Phi) is 7.13. The Balaban J connectivity index is 1.65. The highest BCUT2D eigenvalue weighted by atomic mass is 32.2. The molecular formula is C33H34N4OS. The van der Waals surface area contributed by atoms with Gasteiger partial charge in [0.25, 0.3) is 0 Å². The lowest BCUT2D eigenvalue weighted by molar-refractivity contribution is -0.118. The van der Waals surface area contributed by atoms with E-state index in [2.05, 4.69) is 82.1 Å². The molecule has 0 amide bonds. The van der Waals surface area contributed by atoms with Gasteiger partial charge in [0.15, 0.2) is 5.78 Å². The molecule has 39 heavy (non-hydrogen) atoms. The number of aromatic nitrogens is 1. The summed E-state index contributed by atoms with van der Waals surface area (Å²) in [5, 5.41) is 10.5. The standard InChI is InChI=1S/C33H34N4OS/c1-20-8-10-25(11-9-20)39-19-23-14-26(22(3)13-21(23)2)30-27(17-34)32(35)37(24-7-6-12-36-18-24)28-15-33(4,5)16-29(38)31(28)30/h6-14,18,30H,15-16,19,35H2,1-5H3. The van der Waals surface area contributed by atoms with E-state index >= 15 is 0 Å². The van der Waals surface area contributed by atoms with E-state index in [1.165, 1.54) is 21.6 Å². The minimum Gasteiger partial charge on any atom is -0.384 e. The van der Waals surface area contributed by atoms with Crippen LogP contribution in [0.2, 0.25) is 0 Å². The van der Waals surface area contributed by atoms with Crippen molar-refractivity contribution in [3.8, 4) is 6.07 Å². The first kappa shape index (κ1) is 26.8. The Bertz CT molecular complexity index is 1550. The lowest BCUT2D eigenvalue weighted by atomic mass is 9.68. The second-order valence-corrected chi connectivity index (χ2v) is 12.5. The average molecular weight is 535 g/mol. The first-order valence-corrected chi connectivity index (χ1v) is 14.2. The predicted molar refractivity (Wildman–Crippen MR) is 158 cm³/mol. The van der Waals surface area contributed by atoms with Gasteiger partial charge in [-0.1, -0.05) is 43.7 Å². The molecule has 1 aliphatic heterocycles. The molecule has 198 valence electrons. The van der Waals surface area contributed by atoms with Gasteiger partial charge in [-0.3, -0.25) is 14.7 Å². The molecule has 0 radical (unpaired) electrons. The first-order valence-electron chi connectivity index (χ1n) is 13.3. The number of hydrogen-bond donors (Lipinski definition) is 1. The number of rotatable bonds is 5. The Hall–Kier alpha value is -3.82. The van der Waals surface area contributed by atoms with Crippen molar-refractivity contribution in [2.75, 3.05) is 4.90 Å². The SMILES string of the molecule is Cc1ccc(SCc2cc(C3C(C#N)=C(N)N(c4cccnc4)C4=C3C(=O)CC(C)(C)C4)c(C)cc2C)cc1. The van der Waals surface area contributed by atoms with Crippen molar-refractivity contribution in [2.45, 2.75) is 64.0 Å². The number of ketones is 1. The Morgan fingerprint density at radius 3 is 2.51 bits per heavy atom. The fraction of sp³-hybridized carbons (Fsp3) is 0.303. The number of nitrogens with two attached hydrogens (primary N) is 1. The number of Topliss-reactive ketones (excluding diaryl/α,β-unsaturated/α-hetero) is 1. The predicted octanol–water partition coefficient (Wildman–Crippen LogP) is 7.24. The van der Waals surface area contributed by atoms with Crippen LogP contribution in [0.1, 0.15) is 60.4 Å². The molecule has 2 aromatic carbocycles. The van der Waals surface area contributed by atoms with Crippen LogP contribution in [0.5, 0.6) is 0 Å². The van der Waals surface area contributed by atoms with Crippen molar-refractivity contribution >= 4 is 23.2 Å². The third-order valence-electron chi connectivity index (χ3n) is 7.74. The molecule has 1 atom stereocenters. The van der Waals surface area contributed by atoms with Gasteiger partial charge in [0.2, 0.25) is 0 Å². The van der Waals surface area contributed by atoms with Crippen molar-refractivity contribution in [1.29, 1.82) is 5.26 Å². The molecule has 5 rings (SSSR count). The van der Waals surface area contributed by atoms with Gasteiger partial charge in [-0.25, -0.2) is 0 Å². The highest BCUT2D eigenvalue weighted by molar-refractivity contribution is 7.98. The lowest BCUT2D eigenvalue weighted by Gasteiger charge is -2.44. The largest absolute Gasteiger partial charge is 0.384 e. The molecule has 1 aliphatic carbocycles. The number of pyridine rings is 1. The van der Waals surface area contributed by atoms with Crippen LogP contribution in [-0.4, -0.2) is 10.8 Å². The maximum absolute atomic E-state index is 13.9. The summed E-state index contributed by atoms with van der Waals surface area (Å²) in [4.78, 5) is 21.3. The molecule has 1 unspecified atom stereocenters. The van der Waals surface area contributed by atoms with Gasteiger partial charge < -0.3 is 5.73 Å². The van der Waals surface area contributed by atoms with Gasteiger partial charge in [-0.05, 0) is 79.1 Å². The number of thioether (sulfide) groups is 1.